The molecule has 1 atom stereocenters. The SMILES string of the molecule is CC(CCC(=O)O)NC(=O)c1cnc2n(c1=O)CCS2. The van der Waals surface area contributed by atoms with E-state index in [1.165, 1.54) is 22.5 Å². The van der Waals surface area contributed by atoms with Crippen molar-refractivity contribution in [1.29, 1.82) is 0 Å². The van der Waals surface area contributed by atoms with E-state index in [-0.39, 0.29) is 23.6 Å². The first kappa shape index (κ1) is 14.6. The van der Waals surface area contributed by atoms with E-state index < -0.39 is 11.9 Å². The summed E-state index contributed by atoms with van der Waals surface area (Å²) in [5, 5.41) is 11.8. The summed E-state index contributed by atoms with van der Waals surface area (Å²) in [6.07, 6.45) is 1.57. The molecule has 0 spiro atoms. The minimum Gasteiger partial charge on any atom is -0.481 e. The summed E-state index contributed by atoms with van der Waals surface area (Å²) >= 11 is 1.48. The van der Waals surface area contributed by atoms with Crippen LogP contribution in [-0.2, 0) is 11.3 Å². The molecule has 2 heterocycles. The van der Waals surface area contributed by atoms with Gasteiger partial charge in [0.1, 0.15) is 5.56 Å². The number of hydrogen-bond donors (Lipinski definition) is 2. The maximum absolute atomic E-state index is 12.1. The van der Waals surface area contributed by atoms with Gasteiger partial charge in [-0.1, -0.05) is 11.8 Å². The zero-order valence-corrected chi connectivity index (χ0v) is 11.8. The van der Waals surface area contributed by atoms with Crippen LogP contribution in [0.3, 0.4) is 0 Å². The lowest BCUT2D eigenvalue weighted by atomic mass is 10.1. The minimum absolute atomic E-state index is 0.00146. The molecular weight excluding hydrogens is 282 g/mol. The molecule has 0 fully saturated rings. The van der Waals surface area contributed by atoms with E-state index in [4.69, 9.17) is 5.11 Å². The zero-order valence-electron chi connectivity index (χ0n) is 11.0. The zero-order chi connectivity index (χ0) is 14.7. The normalized spacial score (nSPS) is 14.7. The number of thioether (sulfide) groups is 1. The fourth-order valence-corrected chi connectivity index (χ4v) is 2.80. The van der Waals surface area contributed by atoms with E-state index in [0.717, 1.165) is 5.75 Å². The first-order valence-electron chi connectivity index (χ1n) is 6.24. The van der Waals surface area contributed by atoms with Crippen molar-refractivity contribution in [3.63, 3.8) is 0 Å². The number of amides is 1. The van der Waals surface area contributed by atoms with Gasteiger partial charge in [0, 0.05) is 31.0 Å². The highest BCUT2D eigenvalue weighted by Crippen LogP contribution is 2.20. The molecule has 1 aromatic rings. The number of aliphatic carboxylic acids is 1. The fourth-order valence-electron chi connectivity index (χ4n) is 1.89. The van der Waals surface area contributed by atoms with Gasteiger partial charge in [0.25, 0.3) is 11.5 Å². The predicted octanol–water partition coefficient (Wildman–Crippen LogP) is 0.332. The Morgan fingerprint density at radius 3 is 3.05 bits per heavy atom. The summed E-state index contributed by atoms with van der Waals surface area (Å²) in [5.74, 6) is -0.641. The fraction of sp³-hybridized carbons (Fsp3) is 0.500. The molecule has 1 aliphatic rings. The molecule has 1 unspecified atom stereocenters. The van der Waals surface area contributed by atoms with E-state index in [0.29, 0.717) is 18.1 Å². The van der Waals surface area contributed by atoms with E-state index in [1.54, 1.807) is 6.92 Å². The molecular formula is C12H15N3O4S. The second kappa shape index (κ2) is 6.08. The first-order chi connectivity index (χ1) is 9.49. The molecule has 1 aliphatic heterocycles. The van der Waals surface area contributed by atoms with Crippen LogP contribution in [0.1, 0.15) is 30.1 Å². The largest absolute Gasteiger partial charge is 0.481 e. The lowest BCUT2D eigenvalue weighted by molar-refractivity contribution is -0.137. The van der Waals surface area contributed by atoms with Gasteiger partial charge in [-0.25, -0.2) is 4.98 Å². The lowest BCUT2D eigenvalue weighted by Gasteiger charge is -2.12. The molecule has 7 nitrogen and oxygen atoms in total. The summed E-state index contributed by atoms with van der Waals surface area (Å²) in [5.41, 5.74) is -0.346. The summed E-state index contributed by atoms with van der Waals surface area (Å²) in [6.45, 7) is 2.26. The van der Waals surface area contributed by atoms with Crippen molar-refractivity contribution in [2.75, 3.05) is 5.75 Å². The number of hydrogen-bond acceptors (Lipinski definition) is 5. The summed E-state index contributed by atoms with van der Waals surface area (Å²) in [6, 6.07) is -0.314. The molecule has 2 rings (SSSR count). The van der Waals surface area contributed by atoms with Crippen LogP contribution >= 0.6 is 11.8 Å². The minimum atomic E-state index is -0.914. The van der Waals surface area contributed by atoms with E-state index in [1.807, 2.05) is 0 Å². The monoisotopic (exact) mass is 297 g/mol. The number of fused-ring (bicyclic) bond motifs is 1. The number of nitrogens with one attached hydrogen (secondary N) is 1. The van der Waals surface area contributed by atoms with Crippen LogP contribution in [0.5, 0.6) is 0 Å². The molecule has 0 saturated carbocycles. The summed E-state index contributed by atoms with van der Waals surface area (Å²) in [4.78, 5) is 38.7. The van der Waals surface area contributed by atoms with Crippen LogP contribution in [0.2, 0.25) is 0 Å². The number of nitrogens with zero attached hydrogens (tertiary/aromatic N) is 2. The molecule has 0 bridgehead atoms. The van der Waals surface area contributed by atoms with Crippen LogP contribution in [0.15, 0.2) is 16.1 Å². The molecule has 0 aliphatic carbocycles. The van der Waals surface area contributed by atoms with Gasteiger partial charge in [-0.15, -0.1) is 0 Å². The van der Waals surface area contributed by atoms with Crippen LogP contribution in [0, 0.1) is 0 Å². The second-order valence-electron chi connectivity index (χ2n) is 4.57. The second-order valence-corrected chi connectivity index (χ2v) is 5.63. The first-order valence-corrected chi connectivity index (χ1v) is 7.23. The van der Waals surface area contributed by atoms with Gasteiger partial charge in [-0.2, -0.15) is 0 Å². The maximum atomic E-state index is 12.1. The third-order valence-electron chi connectivity index (χ3n) is 2.97. The van der Waals surface area contributed by atoms with Gasteiger partial charge in [0.05, 0.1) is 0 Å². The van der Waals surface area contributed by atoms with Gasteiger partial charge < -0.3 is 10.4 Å². The van der Waals surface area contributed by atoms with Gasteiger partial charge in [0.15, 0.2) is 5.16 Å². The molecule has 0 aromatic carbocycles. The average Bonchev–Trinajstić information content (AvgIpc) is 2.85. The van der Waals surface area contributed by atoms with Crippen molar-refractivity contribution in [3.8, 4) is 0 Å². The Morgan fingerprint density at radius 1 is 1.60 bits per heavy atom. The third kappa shape index (κ3) is 3.19. The molecule has 108 valence electrons. The lowest BCUT2D eigenvalue weighted by Crippen LogP contribution is -2.38. The van der Waals surface area contributed by atoms with Crippen molar-refractivity contribution >= 4 is 23.6 Å². The van der Waals surface area contributed by atoms with Gasteiger partial charge in [-0.05, 0) is 13.3 Å². The molecule has 2 N–H and O–H groups in total. The van der Waals surface area contributed by atoms with Crippen molar-refractivity contribution < 1.29 is 14.7 Å². The number of rotatable bonds is 5. The molecule has 1 amide bonds. The van der Waals surface area contributed by atoms with E-state index in [2.05, 4.69) is 10.3 Å². The molecule has 0 saturated heterocycles. The van der Waals surface area contributed by atoms with Crippen molar-refractivity contribution in [1.82, 2.24) is 14.9 Å². The van der Waals surface area contributed by atoms with E-state index in [9.17, 15) is 14.4 Å². The van der Waals surface area contributed by atoms with Gasteiger partial charge in [-0.3, -0.25) is 19.0 Å². The van der Waals surface area contributed by atoms with Crippen LogP contribution in [0.4, 0.5) is 0 Å². The topological polar surface area (TPSA) is 101 Å². The number of aromatic nitrogens is 2. The summed E-state index contributed by atoms with van der Waals surface area (Å²) in [7, 11) is 0. The molecule has 20 heavy (non-hydrogen) atoms. The Hall–Kier alpha value is -1.83. The Labute approximate surface area is 119 Å². The third-order valence-corrected chi connectivity index (χ3v) is 3.94. The Balaban J connectivity index is 2.07. The van der Waals surface area contributed by atoms with Crippen molar-refractivity contribution in [2.45, 2.75) is 37.5 Å². The highest BCUT2D eigenvalue weighted by molar-refractivity contribution is 7.99. The quantitative estimate of drug-likeness (QED) is 0.760. The predicted molar refractivity (Wildman–Crippen MR) is 73.0 cm³/mol. The van der Waals surface area contributed by atoms with E-state index >= 15 is 0 Å². The van der Waals surface area contributed by atoms with Crippen LogP contribution in [-0.4, -0.2) is 38.3 Å². The van der Waals surface area contributed by atoms with Crippen molar-refractivity contribution in [2.24, 2.45) is 0 Å². The molecule has 8 heteroatoms. The Morgan fingerprint density at radius 2 is 2.35 bits per heavy atom. The highest BCUT2D eigenvalue weighted by Gasteiger charge is 2.20. The number of carbonyl (C=O) groups excluding carboxylic acids is 1. The number of carboxylic acids is 1. The number of carbonyl (C=O) groups is 2. The average molecular weight is 297 g/mol. The standard InChI is InChI=1S/C12H15N3O4S/c1-7(2-3-9(16)17)14-10(18)8-6-13-12-15(11(8)19)4-5-20-12/h6-7H,2-5H2,1H3,(H,14,18)(H,16,17). The van der Waals surface area contributed by atoms with Crippen LogP contribution < -0.4 is 10.9 Å². The molecule has 0 radical (unpaired) electrons. The van der Waals surface area contributed by atoms with Crippen molar-refractivity contribution in [3.05, 3.63) is 22.1 Å². The smallest absolute Gasteiger partial charge is 0.303 e. The molecule has 1 aromatic heterocycles. The van der Waals surface area contributed by atoms with Gasteiger partial charge in [0.2, 0.25) is 0 Å². The Kier molecular flexibility index (Phi) is 4.43. The Bertz CT molecular complexity index is 599. The van der Waals surface area contributed by atoms with Gasteiger partial charge >= 0.3 is 5.97 Å². The summed E-state index contributed by atoms with van der Waals surface area (Å²) < 4.78 is 1.49. The number of carboxylic acid groups (broad SMARTS) is 1. The van der Waals surface area contributed by atoms with Crippen LogP contribution in [0.25, 0.3) is 0 Å². The maximum Gasteiger partial charge on any atom is 0.303 e. The highest BCUT2D eigenvalue weighted by atomic mass is 32.2.